The summed E-state index contributed by atoms with van der Waals surface area (Å²) in [5.41, 5.74) is 1.21. The van der Waals surface area contributed by atoms with Gasteiger partial charge in [-0.15, -0.1) is 0 Å². The van der Waals surface area contributed by atoms with Crippen molar-refractivity contribution >= 4 is 11.0 Å². The molecule has 0 radical (unpaired) electrons. The van der Waals surface area contributed by atoms with Crippen LogP contribution in [0.25, 0.3) is 11.0 Å². The summed E-state index contributed by atoms with van der Waals surface area (Å²) in [6, 6.07) is 9.67. The highest BCUT2D eigenvalue weighted by atomic mass is 19.2. The topological polar surface area (TPSA) is 67.0 Å². The number of benzene rings is 2. The van der Waals surface area contributed by atoms with Gasteiger partial charge in [-0.3, -0.25) is 0 Å². The Balaban J connectivity index is 1.85. The largest absolute Gasteiger partial charge is 0.508 e. The van der Waals surface area contributed by atoms with Crippen molar-refractivity contribution in [1.29, 1.82) is 0 Å². The Morgan fingerprint density at radius 2 is 1.92 bits per heavy atom. The summed E-state index contributed by atoms with van der Waals surface area (Å²) in [4.78, 5) is 11.7. The van der Waals surface area contributed by atoms with Gasteiger partial charge in [-0.05, 0) is 37.3 Å². The fourth-order valence-corrected chi connectivity index (χ4v) is 2.62. The van der Waals surface area contributed by atoms with Crippen molar-refractivity contribution in [1.82, 2.24) is 0 Å². The van der Waals surface area contributed by atoms with Crippen molar-refractivity contribution in [2.24, 2.45) is 0 Å². The predicted molar refractivity (Wildman–Crippen MR) is 84.6 cm³/mol. The molecular formula is C18H16F2NO3+. The highest BCUT2D eigenvalue weighted by Gasteiger charge is 2.14. The van der Waals surface area contributed by atoms with Gasteiger partial charge in [0.05, 0.1) is 0 Å². The van der Waals surface area contributed by atoms with Crippen LogP contribution in [0.3, 0.4) is 0 Å². The normalized spacial score (nSPS) is 12.5. The molecule has 1 aromatic heterocycles. The van der Waals surface area contributed by atoms with Crippen LogP contribution >= 0.6 is 0 Å². The lowest BCUT2D eigenvalue weighted by molar-refractivity contribution is -0.707. The van der Waals surface area contributed by atoms with E-state index in [1.807, 2.05) is 12.2 Å². The second-order valence-electron chi connectivity index (χ2n) is 5.67. The van der Waals surface area contributed by atoms with Crippen molar-refractivity contribution < 1.29 is 23.6 Å². The van der Waals surface area contributed by atoms with Crippen molar-refractivity contribution in [2.75, 3.05) is 0 Å². The third-order valence-corrected chi connectivity index (χ3v) is 3.97. The quantitative estimate of drug-likeness (QED) is 0.722. The minimum absolute atomic E-state index is 0.0157. The monoisotopic (exact) mass is 332 g/mol. The molecule has 4 nitrogen and oxygen atoms in total. The van der Waals surface area contributed by atoms with E-state index in [1.165, 1.54) is 30.3 Å². The number of aromatic hydroxyl groups is 1. The Kier molecular flexibility index (Phi) is 4.31. The first-order valence-electron chi connectivity index (χ1n) is 7.48. The molecule has 3 rings (SSSR count). The molecule has 124 valence electrons. The van der Waals surface area contributed by atoms with E-state index in [1.54, 1.807) is 6.07 Å². The van der Waals surface area contributed by atoms with Gasteiger partial charge < -0.3 is 14.8 Å². The van der Waals surface area contributed by atoms with Crippen LogP contribution in [-0.4, -0.2) is 5.11 Å². The van der Waals surface area contributed by atoms with Crippen LogP contribution in [0.15, 0.2) is 51.7 Å². The Hall–Kier alpha value is -2.73. The number of hydrogen-bond acceptors (Lipinski definition) is 3. The summed E-state index contributed by atoms with van der Waals surface area (Å²) in [6.45, 7) is 2.32. The van der Waals surface area contributed by atoms with E-state index in [-0.39, 0.29) is 11.8 Å². The zero-order valence-corrected chi connectivity index (χ0v) is 12.9. The minimum atomic E-state index is -0.881. The van der Waals surface area contributed by atoms with Crippen LogP contribution in [0, 0.1) is 11.6 Å². The van der Waals surface area contributed by atoms with Crippen LogP contribution < -0.4 is 10.9 Å². The number of quaternary nitrogens is 1. The predicted octanol–water partition coefficient (Wildman–Crippen LogP) is 2.60. The number of phenolic OH excluding ortho intramolecular Hbond substituents is 1. The maximum atomic E-state index is 13.3. The molecule has 0 unspecified atom stereocenters. The smallest absolute Gasteiger partial charge is 0.336 e. The number of phenols is 1. The zero-order chi connectivity index (χ0) is 17.3. The number of hydrogen-bond donors (Lipinski definition) is 2. The zero-order valence-electron chi connectivity index (χ0n) is 12.9. The van der Waals surface area contributed by atoms with Gasteiger partial charge in [-0.2, -0.15) is 0 Å². The molecule has 0 aliphatic rings. The number of rotatable bonds is 4. The second-order valence-corrected chi connectivity index (χ2v) is 5.67. The standard InChI is InChI=1S/C18H15F2NO3/c1-10(11-2-5-15(19)16(20)6-11)21-9-12-7-18(23)24-17-8-13(22)3-4-14(12)17/h2-8,10,21-22H,9H2,1H3/p+1/t10-/m1/s1. The maximum Gasteiger partial charge on any atom is 0.336 e. The molecule has 0 saturated heterocycles. The molecule has 0 fully saturated rings. The number of nitrogens with two attached hydrogens (primary N) is 1. The third kappa shape index (κ3) is 3.28. The molecular weight excluding hydrogens is 316 g/mol. The number of fused-ring (bicyclic) bond motifs is 1. The van der Waals surface area contributed by atoms with E-state index < -0.39 is 17.3 Å². The molecule has 0 spiro atoms. The van der Waals surface area contributed by atoms with Crippen LogP contribution in [0.2, 0.25) is 0 Å². The molecule has 1 atom stereocenters. The van der Waals surface area contributed by atoms with Gasteiger partial charge >= 0.3 is 5.63 Å². The molecule has 2 aromatic carbocycles. The SMILES string of the molecule is C[C@@H]([NH2+]Cc1cc(=O)oc2cc(O)ccc12)c1ccc(F)c(F)c1. The Morgan fingerprint density at radius 3 is 2.67 bits per heavy atom. The summed E-state index contributed by atoms with van der Waals surface area (Å²) in [6.07, 6.45) is 0. The summed E-state index contributed by atoms with van der Waals surface area (Å²) in [5, 5.41) is 12.1. The molecule has 0 aliphatic heterocycles. The van der Waals surface area contributed by atoms with Crippen LogP contribution in [0.1, 0.15) is 24.1 Å². The van der Waals surface area contributed by atoms with Crippen molar-refractivity contribution in [2.45, 2.75) is 19.5 Å². The lowest BCUT2D eigenvalue weighted by Crippen LogP contribution is -2.83. The van der Waals surface area contributed by atoms with Crippen molar-refractivity contribution in [3.05, 3.63) is 75.6 Å². The lowest BCUT2D eigenvalue weighted by atomic mass is 10.1. The summed E-state index contributed by atoms with van der Waals surface area (Å²) >= 11 is 0. The minimum Gasteiger partial charge on any atom is -0.508 e. The average molecular weight is 332 g/mol. The number of halogens is 2. The van der Waals surface area contributed by atoms with Crippen LogP contribution in [0.5, 0.6) is 5.75 Å². The van der Waals surface area contributed by atoms with Crippen LogP contribution in [-0.2, 0) is 6.54 Å². The fraction of sp³-hybridized carbons (Fsp3) is 0.167. The molecule has 24 heavy (non-hydrogen) atoms. The summed E-state index contributed by atoms with van der Waals surface area (Å²) in [7, 11) is 0. The first kappa shape index (κ1) is 16.1. The highest BCUT2D eigenvalue weighted by Crippen LogP contribution is 2.21. The van der Waals surface area contributed by atoms with Crippen molar-refractivity contribution in [3.63, 3.8) is 0 Å². The molecule has 6 heteroatoms. The second kappa shape index (κ2) is 6.41. The van der Waals surface area contributed by atoms with Gasteiger partial charge in [0, 0.05) is 28.6 Å². The van der Waals surface area contributed by atoms with E-state index in [2.05, 4.69) is 0 Å². The maximum absolute atomic E-state index is 13.3. The molecule has 0 aliphatic carbocycles. The fourth-order valence-electron chi connectivity index (χ4n) is 2.62. The molecule has 0 bridgehead atoms. The first-order valence-corrected chi connectivity index (χ1v) is 7.48. The van der Waals surface area contributed by atoms with Gasteiger partial charge in [0.1, 0.15) is 23.9 Å². The average Bonchev–Trinajstić information content (AvgIpc) is 2.54. The van der Waals surface area contributed by atoms with Gasteiger partial charge in [0.2, 0.25) is 0 Å². The van der Waals surface area contributed by atoms with E-state index in [0.29, 0.717) is 17.7 Å². The van der Waals surface area contributed by atoms with Gasteiger partial charge in [-0.1, -0.05) is 0 Å². The Morgan fingerprint density at radius 1 is 1.12 bits per heavy atom. The van der Waals surface area contributed by atoms with Crippen molar-refractivity contribution in [3.8, 4) is 5.75 Å². The highest BCUT2D eigenvalue weighted by molar-refractivity contribution is 5.81. The molecule has 0 saturated carbocycles. The third-order valence-electron chi connectivity index (χ3n) is 3.97. The van der Waals surface area contributed by atoms with E-state index in [0.717, 1.165) is 17.0 Å². The Labute approximate surface area is 136 Å². The summed E-state index contributed by atoms with van der Waals surface area (Å²) < 4.78 is 31.4. The van der Waals surface area contributed by atoms with E-state index in [9.17, 15) is 18.7 Å². The Bertz CT molecular complexity index is 953. The summed E-state index contributed by atoms with van der Waals surface area (Å²) in [5.74, 6) is -1.74. The van der Waals surface area contributed by atoms with Gasteiger partial charge in [0.25, 0.3) is 0 Å². The lowest BCUT2D eigenvalue weighted by Gasteiger charge is -2.12. The molecule has 0 amide bonds. The molecule has 3 N–H and O–H groups in total. The molecule has 1 heterocycles. The van der Waals surface area contributed by atoms with Crippen LogP contribution in [0.4, 0.5) is 8.78 Å². The molecule has 3 aromatic rings. The van der Waals surface area contributed by atoms with Gasteiger partial charge in [0.15, 0.2) is 11.6 Å². The van der Waals surface area contributed by atoms with E-state index in [4.69, 9.17) is 4.42 Å². The first-order chi connectivity index (χ1) is 11.4. The van der Waals surface area contributed by atoms with E-state index >= 15 is 0 Å². The van der Waals surface area contributed by atoms with Gasteiger partial charge in [-0.25, -0.2) is 13.6 Å².